The lowest BCUT2D eigenvalue weighted by atomic mass is 10.1. The largest absolute Gasteiger partial charge is 0.490 e. The van der Waals surface area contributed by atoms with Gasteiger partial charge in [-0.25, -0.2) is 0 Å². The van der Waals surface area contributed by atoms with E-state index >= 15 is 0 Å². The first kappa shape index (κ1) is 27.6. The molecule has 38 heavy (non-hydrogen) atoms. The van der Waals surface area contributed by atoms with Gasteiger partial charge < -0.3 is 9.47 Å². The summed E-state index contributed by atoms with van der Waals surface area (Å²) in [6.07, 6.45) is 0.467. The molecule has 0 heterocycles. The number of ether oxygens (including phenoxy) is 2. The summed E-state index contributed by atoms with van der Waals surface area (Å²) in [5.41, 5.74) is 4.14. The molecule has 0 aliphatic rings. The standard InChI is InChI=1S/C32H34O5S/c1-3-27(23-34-31-21-13-11-19-29(31)25-15-7-5-8-16-25)36-38(33)37-28(4-2)24-35-32-22-14-12-20-30(32)26-17-9-6-10-18-26/h5-22,27-28H,3-4,23-24H2,1-2H3. The van der Waals surface area contributed by atoms with Gasteiger partial charge in [-0.2, -0.15) is 4.21 Å². The number of hydrogen-bond acceptors (Lipinski definition) is 5. The van der Waals surface area contributed by atoms with Gasteiger partial charge in [-0.1, -0.05) is 111 Å². The average Bonchev–Trinajstić information content (AvgIpc) is 2.98. The van der Waals surface area contributed by atoms with Crippen molar-refractivity contribution in [1.82, 2.24) is 0 Å². The zero-order valence-electron chi connectivity index (χ0n) is 21.8. The fraction of sp³-hybridized carbons (Fsp3) is 0.250. The summed E-state index contributed by atoms with van der Waals surface area (Å²) in [5.74, 6) is 1.51. The molecule has 0 radical (unpaired) electrons. The SMILES string of the molecule is CCC(COc1ccccc1-c1ccccc1)OS(=O)OC(CC)COc1ccccc1-c1ccccc1. The lowest BCUT2D eigenvalue weighted by molar-refractivity contribution is 0.0863. The van der Waals surface area contributed by atoms with E-state index in [2.05, 4.69) is 0 Å². The van der Waals surface area contributed by atoms with Crippen molar-refractivity contribution in [3.05, 3.63) is 109 Å². The third-order valence-corrected chi connectivity index (χ3v) is 6.99. The van der Waals surface area contributed by atoms with Gasteiger partial charge in [0, 0.05) is 11.1 Å². The van der Waals surface area contributed by atoms with Crippen molar-refractivity contribution in [3.8, 4) is 33.8 Å². The van der Waals surface area contributed by atoms with Crippen LogP contribution >= 0.6 is 0 Å². The molecule has 0 saturated carbocycles. The van der Waals surface area contributed by atoms with E-state index in [4.69, 9.17) is 17.8 Å². The normalized spacial score (nSPS) is 13.4. The highest BCUT2D eigenvalue weighted by molar-refractivity contribution is 7.75. The second-order valence-electron chi connectivity index (χ2n) is 8.80. The van der Waals surface area contributed by atoms with Gasteiger partial charge in [-0.05, 0) is 36.1 Å². The third-order valence-electron chi connectivity index (χ3n) is 6.13. The maximum absolute atomic E-state index is 12.7. The van der Waals surface area contributed by atoms with Gasteiger partial charge in [0.2, 0.25) is 0 Å². The summed E-state index contributed by atoms with van der Waals surface area (Å²) in [7, 11) is 0. The first-order valence-electron chi connectivity index (χ1n) is 13.0. The summed E-state index contributed by atoms with van der Waals surface area (Å²) < 4.78 is 36.4. The van der Waals surface area contributed by atoms with Crippen LogP contribution in [-0.4, -0.2) is 29.6 Å². The van der Waals surface area contributed by atoms with Crippen molar-refractivity contribution >= 4 is 11.4 Å². The van der Waals surface area contributed by atoms with Gasteiger partial charge in [0.25, 0.3) is 0 Å². The Kier molecular flexibility index (Phi) is 10.5. The lowest BCUT2D eigenvalue weighted by Gasteiger charge is -2.20. The van der Waals surface area contributed by atoms with E-state index in [9.17, 15) is 4.21 Å². The Bertz CT molecular complexity index is 1180. The van der Waals surface area contributed by atoms with Crippen LogP contribution in [0.5, 0.6) is 11.5 Å². The molecule has 0 aromatic heterocycles. The van der Waals surface area contributed by atoms with Crippen LogP contribution in [-0.2, 0) is 19.7 Å². The van der Waals surface area contributed by atoms with Crippen LogP contribution in [0.2, 0.25) is 0 Å². The van der Waals surface area contributed by atoms with Gasteiger partial charge >= 0.3 is 11.4 Å². The Morgan fingerprint density at radius 3 is 1.32 bits per heavy atom. The maximum Gasteiger partial charge on any atom is 0.305 e. The van der Waals surface area contributed by atoms with E-state index in [0.29, 0.717) is 12.8 Å². The van der Waals surface area contributed by atoms with E-state index in [-0.39, 0.29) is 13.2 Å². The van der Waals surface area contributed by atoms with Gasteiger partial charge in [0.1, 0.15) is 36.9 Å². The molecule has 198 valence electrons. The molecular weight excluding hydrogens is 496 g/mol. The van der Waals surface area contributed by atoms with Crippen LogP contribution < -0.4 is 9.47 Å². The number of hydrogen-bond donors (Lipinski definition) is 0. The van der Waals surface area contributed by atoms with Crippen LogP contribution in [0.25, 0.3) is 22.3 Å². The van der Waals surface area contributed by atoms with Gasteiger partial charge in [-0.15, -0.1) is 0 Å². The van der Waals surface area contributed by atoms with Gasteiger partial charge in [0.05, 0.1) is 0 Å². The predicted molar refractivity (Wildman–Crippen MR) is 153 cm³/mol. The highest BCUT2D eigenvalue weighted by Gasteiger charge is 2.19. The first-order valence-corrected chi connectivity index (χ1v) is 14.0. The third kappa shape index (κ3) is 7.78. The molecule has 5 nitrogen and oxygen atoms in total. The summed E-state index contributed by atoms with van der Waals surface area (Å²) in [6.45, 7) is 4.45. The van der Waals surface area contributed by atoms with Crippen LogP contribution in [0.15, 0.2) is 109 Å². The number of para-hydroxylation sites is 2. The fourth-order valence-electron chi connectivity index (χ4n) is 3.94. The summed E-state index contributed by atoms with van der Waals surface area (Å²) in [5, 5.41) is 0. The van der Waals surface area contributed by atoms with E-state index < -0.39 is 23.6 Å². The van der Waals surface area contributed by atoms with Gasteiger partial charge in [-0.3, -0.25) is 8.37 Å². The molecule has 6 heteroatoms. The Morgan fingerprint density at radius 1 is 0.553 bits per heavy atom. The molecule has 0 saturated heterocycles. The minimum atomic E-state index is -1.94. The van der Waals surface area contributed by atoms with Crippen molar-refractivity contribution in [3.63, 3.8) is 0 Å². The predicted octanol–water partition coefficient (Wildman–Crippen LogP) is 7.65. The molecule has 2 atom stereocenters. The van der Waals surface area contributed by atoms with Crippen molar-refractivity contribution in [1.29, 1.82) is 0 Å². The topological polar surface area (TPSA) is 54.0 Å². The van der Waals surface area contributed by atoms with E-state index in [1.54, 1.807) is 0 Å². The maximum atomic E-state index is 12.7. The smallest absolute Gasteiger partial charge is 0.305 e. The van der Waals surface area contributed by atoms with Crippen molar-refractivity contribution in [2.75, 3.05) is 13.2 Å². The van der Waals surface area contributed by atoms with E-state index in [0.717, 1.165) is 33.8 Å². The van der Waals surface area contributed by atoms with E-state index in [1.165, 1.54) is 0 Å². The first-order chi connectivity index (χ1) is 18.7. The number of benzene rings is 4. The molecule has 0 spiro atoms. The second kappa shape index (κ2) is 14.5. The van der Waals surface area contributed by atoms with Crippen molar-refractivity contribution in [2.24, 2.45) is 0 Å². The Balaban J connectivity index is 1.31. The van der Waals surface area contributed by atoms with Crippen LogP contribution in [0, 0.1) is 0 Å². The molecule has 0 amide bonds. The highest BCUT2D eigenvalue weighted by Crippen LogP contribution is 2.31. The minimum Gasteiger partial charge on any atom is -0.490 e. The van der Waals surface area contributed by atoms with Crippen molar-refractivity contribution < 1.29 is 22.0 Å². The molecule has 0 bridgehead atoms. The second-order valence-corrected chi connectivity index (χ2v) is 9.60. The molecule has 0 fully saturated rings. The molecule has 4 aromatic carbocycles. The van der Waals surface area contributed by atoms with Crippen molar-refractivity contribution in [2.45, 2.75) is 38.9 Å². The molecule has 2 unspecified atom stereocenters. The van der Waals surface area contributed by atoms with E-state index in [1.807, 2.05) is 123 Å². The Labute approximate surface area is 228 Å². The highest BCUT2D eigenvalue weighted by atomic mass is 32.2. The average molecular weight is 531 g/mol. The number of rotatable bonds is 14. The lowest BCUT2D eigenvalue weighted by Crippen LogP contribution is -2.27. The molecule has 0 aliphatic carbocycles. The quantitative estimate of drug-likeness (QED) is 0.168. The van der Waals surface area contributed by atoms with Crippen LogP contribution in [0.3, 0.4) is 0 Å². The zero-order chi connectivity index (χ0) is 26.6. The molecular formula is C32H34O5S. The molecule has 4 rings (SSSR count). The van der Waals surface area contributed by atoms with Crippen LogP contribution in [0.4, 0.5) is 0 Å². The summed E-state index contributed by atoms with van der Waals surface area (Å²) in [6, 6.07) is 35.9. The molecule has 0 N–H and O–H groups in total. The molecule has 0 aliphatic heterocycles. The molecule has 4 aromatic rings. The van der Waals surface area contributed by atoms with Crippen LogP contribution in [0.1, 0.15) is 26.7 Å². The summed E-state index contributed by atoms with van der Waals surface area (Å²) in [4.78, 5) is 0. The summed E-state index contributed by atoms with van der Waals surface area (Å²) >= 11 is -1.94. The Hall–Kier alpha value is -3.45. The Morgan fingerprint density at radius 2 is 0.921 bits per heavy atom. The minimum absolute atomic E-state index is 0.257. The fourth-order valence-corrected chi connectivity index (χ4v) is 4.81. The monoisotopic (exact) mass is 530 g/mol. The zero-order valence-corrected chi connectivity index (χ0v) is 22.6. The van der Waals surface area contributed by atoms with Gasteiger partial charge in [0.15, 0.2) is 0 Å².